The molecule has 0 saturated carbocycles. The van der Waals surface area contributed by atoms with Crippen LogP contribution in [0, 0.1) is 12.7 Å². The summed E-state index contributed by atoms with van der Waals surface area (Å²) in [5.41, 5.74) is 2.12. The smallest absolute Gasteiger partial charge is 0.213 e. The van der Waals surface area contributed by atoms with Gasteiger partial charge in [-0.3, -0.25) is 0 Å². The minimum atomic E-state index is -3.22. The van der Waals surface area contributed by atoms with Crippen molar-refractivity contribution in [1.29, 1.82) is 0 Å². The monoisotopic (exact) mass is 454 g/mol. The molecule has 0 spiro atoms. The lowest BCUT2D eigenvalue weighted by Crippen LogP contribution is -2.49. The predicted molar refractivity (Wildman–Crippen MR) is 118 cm³/mol. The number of benzene rings is 1. The lowest BCUT2D eigenvalue weighted by Gasteiger charge is -2.36. The van der Waals surface area contributed by atoms with E-state index in [2.05, 4.69) is 14.9 Å². The van der Waals surface area contributed by atoms with Crippen molar-refractivity contribution < 1.29 is 12.8 Å². The molecule has 1 aliphatic rings. The highest BCUT2D eigenvalue weighted by molar-refractivity contribution is 7.89. The van der Waals surface area contributed by atoms with Crippen LogP contribution in [0.25, 0.3) is 0 Å². The number of nitrogens with zero attached hydrogens (tertiary/aromatic N) is 4. The van der Waals surface area contributed by atoms with Crippen LogP contribution in [-0.4, -0.2) is 54.6 Å². The second-order valence-electron chi connectivity index (χ2n) is 7.78. The molecule has 2 heterocycles. The minimum absolute atomic E-state index is 0.0914. The zero-order valence-corrected chi connectivity index (χ0v) is 19.4. The number of aromatic nitrogens is 2. The number of piperazine rings is 1. The van der Waals surface area contributed by atoms with Crippen LogP contribution in [0.4, 0.5) is 10.2 Å². The molecule has 3 rings (SSSR count). The van der Waals surface area contributed by atoms with Crippen molar-refractivity contribution in [2.45, 2.75) is 40.0 Å². The van der Waals surface area contributed by atoms with Gasteiger partial charge in [0.05, 0.1) is 11.4 Å². The van der Waals surface area contributed by atoms with Crippen molar-refractivity contribution in [3.8, 4) is 0 Å². The van der Waals surface area contributed by atoms with Gasteiger partial charge in [0.1, 0.15) is 17.5 Å². The topological polar surface area (TPSA) is 66.4 Å². The average Bonchev–Trinajstić information content (AvgIpc) is 2.71. The zero-order chi connectivity index (χ0) is 22.1. The Labute approximate surface area is 183 Å². The molecule has 0 bridgehead atoms. The van der Waals surface area contributed by atoms with Gasteiger partial charge in [0.2, 0.25) is 10.0 Å². The Hall–Kier alpha value is -1.77. The van der Waals surface area contributed by atoms with Crippen molar-refractivity contribution in [1.82, 2.24) is 14.3 Å². The molecule has 1 fully saturated rings. The Morgan fingerprint density at radius 1 is 1.13 bits per heavy atom. The number of aryl methyl sites for hydroxylation is 1. The second-order valence-corrected chi connectivity index (χ2v) is 10.4. The Bertz CT molecular complexity index is 1000. The van der Waals surface area contributed by atoms with E-state index < -0.39 is 10.0 Å². The summed E-state index contributed by atoms with van der Waals surface area (Å²) in [6.45, 7) is 9.42. The van der Waals surface area contributed by atoms with Crippen LogP contribution in [0.5, 0.6) is 0 Å². The van der Waals surface area contributed by atoms with E-state index in [-0.39, 0.29) is 23.9 Å². The van der Waals surface area contributed by atoms with E-state index in [0.29, 0.717) is 42.6 Å². The highest BCUT2D eigenvalue weighted by Crippen LogP contribution is 2.32. The van der Waals surface area contributed by atoms with E-state index in [1.807, 2.05) is 20.8 Å². The number of anilines is 1. The van der Waals surface area contributed by atoms with Crippen LogP contribution in [-0.2, 0) is 16.4 Å². The molecule has 1 aromatic heterocycles. The standard InChI is InChI=1S/C21H28ClFN4O2S/c1-5-30(28,29)27-11-9-26(10-12-27)21-17(20(14(2)3)24-15(4)25-21)13-16-18(22)7-6-8-19(16)23/h6-8,14H,5,9-13H2,1-4H3. The number of rotatable bonds is 6. The molecule has 9 heteroatoms. The molecule has 30 heavy (non-hydrogen) atoms. The normalized spacial score (nSPS) is 15.8. The molecule has 1 aliphatic heterocycles. The molecule has 0 unspecified atom stereocenters. The van der Waals surface area contributed by atoms with E-state index in [4.69, 9.17) is 11.6 Å². The Kier molecular flexibility index (Phi) is 6.99. The molecular weight excluding hydrogens is 427 g/mol. The van der Waals surface area contributed by atoms with Gasteiger partial charge in [-0.05, 0) is 31.9 Å². The first-order valence-corrected chi connectivity index (χ1v) is 12.2. The molecule has 1 saturated heterocycles. The summed E-state index contributed by atoms with van der Waals surface area (Å²) in [6, 6.07) is 4.67. The second kappa shape index (κ2) is 9.16. The molecule has 1 aromatic carbocycles. The molecular formula is C21H28ClFN4O2S. The van der Waals surface area contributed by atoms with E-state index >= 15 is 0 Å². The minimum Gasteiger partial charge on any atom is -0.354 e. The third-order valence-electron chi connectivity index (χ3n) is 5.39. The van der Waals surface area contributed by atoms with Gasteiger partial charge in [-0.25, -0.2) is 22.8 Å². The first-order chi connectivity index (χ1) is 14.1. The molecule has 164 valence electrons. The Balaban J connectivity index is 2.01. The van der Waals surface area contributed by atoms with Crippen LogP contribution < -0.4 is 4.90 Å². The maximum Gasteiger partial charge on any atom is 0.213 e. The summed E-state index contributed by atoms with van der Waals surface area (Å²) in [5, 5.41) is 0.370. The molecule has 6 nitrogen and oxygen atoms in total. The molecule has 0 N–H and O–H groups in total. The third-order valence-corrected chi connectivity index (χ3v) is 7.62. The maximum atomic E-state index is 14.5. The van der Waals surface area contributed by atoms with E-state index in [1.165, 1.54) is 10.4 Å². The van der Waals surface area contributed by atoms with Crippen LogP contribution in [0.2, 0.25) is 5.02 Å². The fraction of sp³-hybridized carbons (Fsp3) is 0.524. The van der Waals surface area contributed by atoms with Gasteiger partial charge in [-0.2, -0.15) is 4.31 Å². The van der Waals surface area contributed by atoms with Crippen LogP contribution in [0.15, 0.2) is 18.2 Å². The summed E-state index contributed by atoms with van der Waals surface area (Å²) in [6.07, 6.45) is 0.280. The van der Waals surface area contributed by atoms with Gasteiger partial charge in [0.25, 0.3) is 0 Å². The number of hydrogen-bond acceptors (Lipinski definition) is 5. The van der Waals surface area contributed by atoms with Gasteiger partial charge < -0.3 is 4.90 Å². The predicted octanol–water partition coefficient (Wildman–Crippen LogP) is 3.76. The summed E-state index contributed by atoms with van der Waals surface area (Å²) < 4.78 is 40.5. The van der Waals surface area contributed by atoms with Gasteiger partial charge in [0.15, 0.2) is 0 Å². The van der Waals surface area contributed by atoms with Crippen molar-refractivity contribution >= 4 is 27.4 Å². The quantitative estimate of drug-likeness (QED) is 0.664. The highest BCUT2D eigenvalue weighted by atomic mass is 35.5. The van der Waals surface area contributed by atoms with Crippen LogP contribution in [0.1, 0.15) is 49.3 Å². The molecule has 0 radical (unpaired) electrons. The Morgan fingerprint density at radius 3 is 2.37 bits per heavy atom. The SMILES string of the molecule is CCS(=O)(=O)N1CCN(c2nc(C)nc(C(C)C)c2Cc2c(F)cccc2Cl)CC1. The summed E-state index contributed by atoms with van der Waals surface area (Å²) >= 11 is 6.30. The first kappa shape index (κ1) is 22.9. The van der Waals surface area contributed by atoms with Gasteiger partial charge in [-0.15, -0.1) is 0 Å². The number of sulfonamides is 1. The fourth-order valence-corrected chi connectivity index (χ4v) is 5.06. The van der Waals surface area contributed by atoms with E-state index in [9.17, 15) is 12.8 Å². The maximum absolute atomic E-state index is 14.5. The first-order valence-electron chi connectivity index (χ1n) is 10.2. The molecule has 2 aromatic rings. The van der Waals surface area contributed by atoms with E-state index in [1.54, 1.807) is 19.1 Å². The molecule has 0 amide bonds. The lowest BCUT2D eigenvalue weighted by atomic mass is 9.97. The average molecular weight is 455 g/mol. The third kappa shape index (κ3) is 4.76. The fourth-order valence-electron chi connectivity index (χ4n) is 3.75. The van der Waals surface area contributed by atoms with Gasteiger partial charge in [0, 0.05) is 48.7 Å². The number of halogens is 2. The van der Waals surface area contributed by atoms with Crippen molar-refractivity contribution in [3.05, 3.63) is 51.7 Å². The van der Waals surface area contributed by atoms with Gasteiger partial charge >= 0.3 is 0 Å². The summed E-state index contributed by atoms with van der Waals surface area (Å²) in [7, 11) is -3.22. The highest BCUT2D eigenvalue weighted by Gasteiger charge is 2.29. The summed E-state index contributed by atoms with van der Waals surface area (Å²) in [4.78, 5) is 11.4. The van der Waals surface area contributed by atoms with Crippen molar-refractivity contribution in [2.75, 3.05) is 36.8 Å². The van der Waals surface area contributed by atoms with Crippen LogP contribution in [0.3, 0.4) is 0 Å². The zero-order valence-electron chi connectivity index (χ0n) is 17.8. The molecule has 0 atom stereocenters. The van der Waals surface area contributed by atoms with Crippen LogP contribution >= 0.6 is 11.6 Å². The van der Waals surface area contributed by atoms with Gasteiger partial charge in [-0.1, -0.05) is 31.5 Å². The lowest BCUT2D eigenvalue weighted by molar-refractivity contribution is 0.384. The molecule has 0 aliphatic carbocycles. The summed E-state index contributed by atoms with van der Waals surface area (Å²) in [5.74, 6) is 1.23. The van der Waals surface area contributed by atoms with Crippen molar-refractivity contribution in [2.24, 2.45) is 0 Å². The number of hydrogen-bond donors (Lipinski definition) is 0. The van der Waals surface area contributed by atoms with Crippen molar-refractivity contribution in [3.63, 3.8) is 0 Å². The largest absolute Gasteiger partial charge is 0.354 e. The van der Waals surface area contributed by atoms with E-state index in [0.717, 1.165) is 17.1 Å². The Morgan fingerprint density at radius 2 is 1.80 bits per heavy atom.